The maximum Gasteiger partial charge on any atom is 0.407 e. The van der Waals surface area contributed by atoms with Crippen LogP contribution in [-0.2, 0) is 37.5 Å². The van der Waals surface area contributed by atoms with E-state index in [0.29, 0.717) is 0 Å². The molecule has 53 heavy (non-hydrogen) atoms. The molecule has 0 bridgehead atoms. The average Bonchev–Trinajstić information content (AvgIpc) is 3.47. The number of guanidine groups is 1. The molecule has 0 fully saturated rings. The molecule has 2 amide bonds. The Hall–Kier alpha value is -5.98. The predicted molar refractivity (Wildman–Crippen MR) is 195 cm³/mol. The number of aryl methyl sites for hydroxylation is 1. The van der Waals surface area contributed by atoms with Crippen molar-refractivity contribution in [3.63, 3.8) is 0 Å². The molecule has 0 aliphatic carbocycles. The molecule has 19 heteroatoms. The van der Waals surface area contributed by atoms with Gasteiger partial charge in [-0.3, -0.25) is 9.79 Å². The Kier molecular flexibility index (Phi) is 13.1. The number of carbonyl (C=O) groups excluding carboxylic acids is 2. The van der Waals surface area contributed by atoms with E-state index in [2.05, 4.69) is 30.0 Å². The molecule has 2 heterocycles. The van der Waals surface area contributed by atoms with Crippen molar-refractivity contribution in [1.82, 2.24) is 34.5 Å². The summed E-state index contributed by atoms with van der Waals surface area (Å²) in [7, 11) is -3.99. The number of carbonyl (C=O) groups is 3. The van der Waals surface area contributed by atoms with Crippen LogP contribution in [0.1, 0.15) is 44.7 Å². The van der Waals surface area contributed by atoms with E-state index in [4.69, 9.17) is 20.9 Å². The van der Waals surface area contributed by atoms with Crippen molar-refractivity contribution in [1.29, 1.82) is 0 Å². The number of hydrogen-bond donors (Lipinski definition) is 5. The van der Waals surface area contributed by atoms with Crippen molar-refractivity contribution in [3.05, 3.63) is 72.1 Å². The van der Waals surface area contributed by atoms with Gasteiger partial charge in [-0.1, -0.05) is 48.0 Å². The Morgan fingerprint density at radius 3 is 2.43 bits per heavy atom. The number of nitrogens with zero attached hydrogens (tertiary/aromatic N) is 6. The van der Waals surface area contributed by atoms with Crippen molar-refractivity contribution < 1.29 is 37.4 Å². The van der Waals surface area contributed by atoms with Crippen LogP contribution in [0.4, 0.5) is 10.7 Å². The summed E-state index contributed by atoms with van der Waals surface area (Å²) in [5.41, 5.74) is 13.2. The topological polar surface area (TPSA) is 259 Å². The second kappa shape index (κ2) is 17.5. The molecule has 0 saturated heterocycles. The number of aliphatic carboxylic acids is 1. The van der Waals surface area contributed by atoms with Crippen LogP contribution in [0.25, 0.3) is 11.2 Å². The SMILES string of the molecule is Cc1ccc(S(=O)(=O)NC(N)=NCCC[C@@H](C(=O)O)N(CCNC(=O)OC(C)(C)C)C(=O)Cn2cnc3c(OCc4ccccc4)nc(N)nc32)cc1. The number of fused-ring (bicyclic) bond motifs is 1. The highest BCUT2D eigenvalue weighted by Gasteiger charge is 2.30. The Bertz CT molecular complexity index is 2030. The van der Waals surface area contributed by atoms with Crippen molar-refractivity contribution in [2.75, 3.05) is 25.4 Å². The highest BCUT2D eigenvalue weighted by molar-refractivity contribution is 7.90. The Morgan fingerprint density at radius 1 is 1.08 bits per heavy atom. The second-order valence-electron chi connectivity index (χ2n) is 12.9. The molecule has 0 spiro atoms. The number of aliphatic imine (C=N–C) groups is 1. The first-order chi connectivity index (χ1) is 25.0. The minimum atomic E-state index is -3.99. The van der Waals surface area contributed by atoms with E-state index in [1.54, 1.807) is 32.9 Å². The van der Waals surface area contributed by atoms with Crippen LogP contribution in [0, 0.1) is 6.92 Å². The number of sulfonamides is 1. The maximum absolute atomic E-state index is 13.9. The molecule has 2 aromatic carbocycles. The van der Waals surface area contributed by atoms with Crippen LogP contribution in [0.3, 0.4) is 0 Å². The number of benzene rings is 2. The van der Waals surface area contributed by atoms with Gasteiger partial charge >= 0.3 is 12.1 Å². The van der Waals surface area contributed by atoms with Crippen LogP contribution < -0.4 is 26.2 Å². The number of amides is 2. The molecule has 0 aliphatic heterocycles. The number of nitrogen functional groups attached to an aromatic ring is 1. The Labute approximate surface area is 306 Å². The van der Waals surface area contributed by atoms with Gasteiger partial charge in [0.1, 0.15) is 24.8 Å². The number of aromatic nitrogens is 4. The number of anilines is 1. The fourth-order valence-corrected chi connectivity index (χ4v) is 5.96. The lowest BCUT2D eigenvalue weighted by atomic mass is 10.1. The third-order valence-electron chi connectivity index (χ3n) is 7.46. The predicted octanol–water partition coefficient (Wildman–Crippen LogP) is 2.18. The van der Waals surface area contributed by atoms with Crippen LogP contribution in [0.15, 0.2) is 70.8 Å². The van der Waals surface area contributed by atoms with Crippen molar-refractivity contribution in [2.45, 2.75) is 70.2 Å². The molecule has 4 aromatic rings. The van der Waals surface area contributed by atoms with E-state index in [-0.39, 0.29) is 72.9 Å². The lowest BCUT2D eigenvalue weighted by Gasteiger charge is -2.29. The highest BCUT2D eigenvalue weighted by Crippen LogP contribution is 2.23. The van der Waals surface area contributed by atoms with E-state index in [9.17, 15) is 27.9 Å². The summed E-state index contributed by atoms with van der Waals surface area (Å²) in [6.45, 7) is 6.27. The number of carboxylic acids is 1. The summed E-state index contributed by atoms with van der Waals surface area (Å²) < 4.78 is 40.0. The number of alkyl carbamates (subject to hydrolysis) is 1. The summed E-state index contributed by atoms with van der Waals surface area (Å²) in [6.07, 6.45) is 0.610. The van der Waals surface area contributed by atoms with Crippen LogP contribution in [0.2, 0.25) is 0 Å². The first kappa shape index (κ1) is 39.8. The summed E-state index contributed by atoms with van der Waals surface area (Å²) in [6, 6.07) is 14.1. The Morgan fingerprint density at radius 2 is 1.77 bits per heavy atom. The van der Waals surface area contributed by atoms with Gasteiger partial charge in [0.2, 0.25) is 23.7 Å². The number of ether oxygens (including phenoxy) is 2. The molecule has 0 aliphatic rings. The van der Waals surface area contributed by atoms with Crippen LogP contribution in [-0.4, -0.2) is 93.1 Å². The molecule has 284 valence electrons. The van der Waals surface area contributed by atoms with E-state index in [1.807, 2.05) is 37.3 Å². The zero-order chi connectivity index (χ0) is 38.8. The molecule has 2 aromatic heterocycles. The zero-order valence-corrected chi connectivity index (χ0v) is 30.7. The number of rotatable bonds is 16. The number of imidazole rings is 1. The fraction of sp³-hybridized carbons (Fsp3) is 0.382. The van der Waals surface area contributed by atoms with Crippen molar-refractivity contribution in [2.24, 2.45) is 10.7 Å². The summed E-state index contributed by atoms with van der Waals surface area (Å²) in [5, 5.41) is 12.8. The van der Waals surface area contributed by atoms with Gasteiger partial charge in [0.15, 0.2) is 11.2 Å². The summed E-state index contributed by atoms with van der Waals surface area (Å²) in [4.78, 5) is 56.7. The standard InChI is InChI=1S/C34H44N10O8S/c1-22-12-14-24(15-13-22)53(49,50)42-31(35)37-16-8-11-25(30(46)47)44(18-17-38-33(48)52-34(2,3)4)26(45)19-43-21-39-27-28(43)40-32(36)41-29(27)51-20-23-9-6-5-7-10-23/h5-7,9-10,12-15,21,25H,8,11,16-20H2,1-4H3,(H,38,48)(H,46,47)(H3,35,37,42)(H2,36,40,41)/t25-/m0/s1. The first-order valence-electron chi connectivity index (χ1n) is 16.6. The van der Waals surface area contributed by atoms with Gasteiger partial charge in [-0.05, 0) is 58.2 Å². The smallest absolute Gasteiger partial charge is 0.407 e. The van der Waals surface area contributed by atoms with Gasteiger partial charge in [-0.2, -0.15) is 9.97 Å². The molecular formula is C34H44N10O8S. The Balaban J connectivity index is 1.49. The van der Waals surface area contributed by atoms with Gasteiger partial charge in [0, 0.05) is 19.6 Å². The van der Waals surface area contributed by atoms with Gasteiger partial charge < -0.3 is 40.8 Å². The normalized spacial score (nSPS) is 12.6. The van der Waals surface area contributed by atoms with Crippen LogP contribution in [0.5, 0.6) is 5.88 Å². The van der Waals surface area contributed by atoms with E-state index in [1.165, 1.54) is 23.0 Å². The molecule has 0 unspecified atom stereocenters. The minimum Gasteiger partial charge on any atom is -0.480 e. The summed E-state index contributed by atoms with van der Waals surface area (Å²) in [5.74, 6) is -2.36. The summed E-state index contributed by atoms with van der Waals surface area (Å²) >= 11 is 0. The first-order valence-corrected chi connectivity index (χ1v) is 18.0. The largest absolute Gasteiger partial charge is 0.480 e. The van der Waals surface area contributed by atoms with E-state index < -0.39 is 46.2 Å². The number of nitrogens with one attached hydrogen (secondary N) is 2. The van der Waals surface area contributed by atoms with E-state index >= 15 is 0 Å². The second-order valence-corrected chi connectivity index (χ2v) is 14.6. The molecular weight excluding hydrogens is 709 g/mol. The third-order valence-corrected chi connectivity index (χ3v) is 8.83. The zero-order valence-electron chi connectivity index (χ0n) is 29.9. The average molecular weight is 753 g/mol. The quantitative estimate of drug-likeness (QED) is 0.0625. The van der Waals surface area contributed by atoms with Crippen molar-refractivity contribution >= 4 is 51.1 Å². The number of nitrogens with two attached hydrogens (primary N) is 2. The lowest BCUT2D eigenvalue weighted by molar-refractivity contribution is -0.150. The maximum atomic E-state index is 13.9. The van der Waals surface area contributed by atoms with E-state index in [0.717, 1.165) is 16.0 Å². The van der Waals surface area contributed by atoms with Gasteiger partial charge in [-0.25, -0.2) is 27.7 Å². The lowest BCUT2D eigenvalue weighted by Crippen LogP contribution is -2.49. The molecule has 4 rings (SSSR count). The highest BCUT2D eigenvalue weighted by atomic mass is 32.2. The third kappa shape index (κ3) is 11.8. The number of carboxylic acid groups (broad SMARTS) is 1. The minimum absolute atomic E-state index is 0.00269. The molecule has 0 radical (unpaired) electrons. The van der Waals surface area contributed by atoms with Crippen LogP contribution >= 0.6 is 0 Å². The molecule has 0 saturated carbocycles. The molecule has 7 N–H and O–H groups in total. The molecule has 1 atom stereocenters. The molecule has 18 nitrogen and oxygen atoms in total. The van der Waals surface area contributed by atoms with Gasteiger partial charge in [0.25, 0.3) is 10.0 Å². The monoisotopic (exact) mass is 752 g/mol. The number of hydrogen-bond acceptors (Lipinski definition) is 12. The van der Waals surface area contributed by atoms with Gasteiger partial charge in [0.05, 0.1) is 11.2 Å². The fourth-order valence-electron chi connectivity index (χ4n) is 5.00. The van der Waals surface area contributed by atoms with Gasteiger partial charge in [-0.15, -0.1) is 0 Å². The van der Waals surface area contributed by atoms with Crippen molar-refractivity contribution in [3.8, 4) is 5.88 Å².